The molecule has 174 valence electrons. The van der Waals surface area contributed by atoms with E-state index in [9.17, 15) is 9.90 Å². The van der Waals surface area contributed by atoms with Crippen LogP contribution in [0.2, 0.25) is 0 Å². The van der Waals surface area contributed by atoms with E-state index in [0.29, 0.717) is 6.54 Å². The minimum atomic E-state index is -0.978. The highest BCUT2D eigenvalue weighted by Crippen LogP contribution is 2.35. The van der Waals surface area contributed by atoms with Crippen LogP contribution in [-0.2, 0) is 22.2 Å². The fraction of sp³-hybridized carbons (Fsp3) is 0.286. The average Bonchev–Trinajstić information content (AvgIpc) is 3.50. The number of benzene rings is 2. The van der Waals surface area contributed by atoms with E-state index in [-0.39, 0.29) is 5.41 Å². The van der Waals surface area contributed by atoms with Crippen molar-refractivity contribution < 1.29 is 14.3 Å². The number of furan rings is 1. The number of para-hydroxylation sites is 1. The fourth-order valence-electron chi connectivity index (χ4n) is 4.22. The first-order valence-corrected chi connectivity index (χ1v) is 12.2. The lowest BCUT2D eigenvalue weighted by Gasteiger charge is -2.18. The quantitative estimate of drug-likeness (QED) is 0.293. The molecule has 0 aliphatic rings. The SMILES string of the molecule is CC(C)(C)c1csc(-c2cc3cc(Cn4cc(C(C)(C)C(=O)O)c5ccccc54)ccc3o2)n1. The van der Waals surface area contributed by atoms with Crippen molar-refractivity contribution in [3.8, 4) is 10.8 Å². The molecule has 0 amide bonds. The normalized spacial score (nSPS) is 12.6. The van der Waals surface area contributed by atoms with Crippen molar-refractivity contribution in [2.75, 3.05) is 0 Å². The third-order valence-corrected chi connectivity index (χ3v) is 7.27. The van der Waals surface area contributed by atoms with Gasteiger partial charge in [-0.3, -0.25) is 4.79 Å². The molecule has 0 fully saturated rings. The number of rotatable bonds is 5. The molecule has 0 aliphatic carbocycles. The molecule has 0 bridgehead atoms. The lowest BCUT2D eigenvalue weighted by Crippen LogP contribution is -2.28. The molecular weight excluding hydrogens is 444 g/mol. The van der Waals surface area contributed by atoms with Crippen LogP contribution in [0, 0.1) is 0 Å². The van der Waals surface area contributed by atoms with Crippen LogP contribution in [0.15, 0.2) is 64.5 Å². The summed E-state index contributed by atoms with van der Waals surface area (Å²) < 4.78 is 8.24. The molecule has 0 saturated heterocycles. The van der Waals surface area contributed by atoms with Crippen molar-refractivity contribution in [3.05, 3.63) is 76.9 Å². The molecule has 0 saturated carbocycles. The molecule has 3 heterocycles. The first-order valence-electron chi connectivity index (χ1n) is 11.3. The van der Waals surface area contributed by atoms with Crippen molar-refractivity contribution in [1.29, 1.82) is 0 Å². The maximum atomic E-state index is 11.9. The van der Waals surface area contributed by atoms with Crippen LogP contribution < -0.4 is 0 Å². The van der Waals surface area contributed by atoms with Crippen LogP contribution >= 0.6 is 11.3 Å². The van der Waals surface area contributed by atoms with E-state index in [2.05, 4.69) is 48.9 Å². The number of aromatic nitrogens is 2. The van der Waals surface area contributed by atoms with Gasteiger partial charge in [0.25, 0.3) is 0 Å². The zero-order valence-electron chi connectivity index (χ0n) is 20.0. The zero-order valence-corrected chi connectivity index (χ0v) is 20.9. The van der Waals surface area contributed by atoms with E-state index in [4.69, 9.17) is 9.40 Å². The molecular formula is C28H28N2O3S. The number of carboxylic acid groups (broad SMARTS) is 1. The predicted molar refractivity (Wildman–Crippen MR) is 138 cm³/mol. The van der Waals surface area contributed by atoms with Gasteiger partial charge in [0.15, 0.2) is 10.8 Å². The van der Waals surface area contributed by atoms with E-state index in [1.54, 1.807) is 25.2 Å². The van der Waals surface area contributed by atoms with Gasteiger partial charge in [0.1, 0.15) is 5.58 Å². The van der Waals surface area contributed by atoms with Gasteiger partial charge in [-0.25, -0.2) is 4.98 Å². The molecule has 2 aromatic carbocycles. The number of hydrogen-bond donors (Lipinski definition) is 1. The van der Waals surface area contributed by atoms with Crippen LogP contribution in [0.5, 0.6) is 0 Å². The van der Waals surface area contributed by atoms with E-state index >= 15 is 0 Å². The summed E-state index contributed by atoms with van der Waals surface area (Å²) in [5.74, 6) is -0.0517. The lowest BCUT2D eigenvalue weighted by atomic mass is 9.85. The van der Waals surface area contributed by atoms with Gasteiger partial charge >= 0.3 is 5.97 Å². The second kappa shape index (κ2) is 7.84. The summed E-state index contributed by atoms with van der Waals surface area (Å²) >= 11 is 1.60. The molecule has 0 unspecified atom stereocenters. The summed E-state index contributed by atoms with van der Waals surface area (Å²) in [5, 5.41) is 14.8. The summed E-state index contributed by atoms with van der Waals surface area (Å²) in [6, 6.07) is 16.2. The summed E-state index contributed by atoms with van der Waals surface area (Å²) in [7, 11) is 0. The van der Waals surface area contributed by atoms with Gasteiger partial charge in [-0.05, 0) is 49.2 Å². The Morgan fingerprint density at radius 3 is 2.56 bits per heavy atom. The Kier molecular flexibility index (Phi) is 5.17. The molecule has 0 aliphatic heterocycles. The molecule has 6 heteroatoms. The van der Waals surface area contributed by atoms with E-state index in [1.807, 2.05) is 36.5 Å². The molecule has 0 atom stereocenters. The Labute approximate surface area is 202 Å². The zero-order chi connectivity index (χ0) is 24.3. The summed E-state index contributed by atoms with van der Waals surface area (Å²) in [4.78, 5) is 16.7. The van der Waals surface area contributed by atoms with Crippen LogP contribution in [0.4, 0.5) is 0 Å². The van der Waals surface area contributed by atoms with Crippen LogP contribution in [0.25, 0.3) is 32.6 Å². The van der Waals surface area contributed by atoms with E-state index in [0.717, 1.165) is 49.5 Å². The second-order valence-electron chi connectivity index (χ2n) is 10.4. The standard InChI is InChI=1S/C28H28N2O3S/c1-27(2,3)24-16-34-25(29-24)23-13-18-12-17(10-11-22(18)33-23)14-30-15-20(28(4,5)26(31)32)19-8-6-7-9-21(19)30/h6-13,15-16H,14H2,1-5H3,(H,31,32). The number of hydrogen-bond acceptors (Lipinski definition) is 4. The van der Waals surface area contributed by atoms with Crippen LogP contribution in [0.1, 0.15) is 51.4 Å². The number of aliphatic carboxylic acids is 1. The Bertz CT molecular complexity index is 1530. The van der Waals surface area contributed by atoms with E-state index < -0.39 is 11.4 Å². The Hall–Kier alpha value is -3.38. The van der Waals surface area contributed by atoms with Crippen molar-refractivity contribution in [3.63, 3.8) is 0 Å². The summed E-state index contributed by atoms with van der Waals surface area (Å²) in [6.45, 7) is 10.6. The fourth-order valence-corrected chi connectivity index (χ4v) is 5.21. The predicted octanol–water partition coefficient (Wildman–Crippen LogP) is 7.22. The van der Waals surface area contributed by atoms with Gasteiger partial charge in [-0.15, -0.1) is 11.3 Å². The van der Waals surface area contributed by atoms with Crippen molar-refractivity contribution in [2.24, 2.45) is 0 Å². The van der Waals surface area contributed by atoms with Crippen LogP contribution in [0.3, 0.4) is 0 Å². The number of thiazole rings is 1. The largest absolute Gasteiger partial charge is 0.481 e. The summed E-state index contributed by atoms with van der Waals surface area (Å²) in [6.07, 6.45) is 1.98. The van der Waals surface area contributed by atoms with Crippen molar-refractivity contribution in [1.82, 2.24) is 9.55 Å². The first kappa shape index (κ1) is 22.4. The Morgan fingerprint density at radius 1 is 1.09 bits per heavy atom. The molecule has 3 aromatic heterocycles. The molecule has 5 nitrogen and oxygen atoms in total. The third kappa shape index (κ3) is 3.82. The number of fused-ring (bicyclic) bond motifs is 2. The highest BCUT2D eigenvalue weighted by atomic mass is 32.1. The minimum absolute atomic E-state index is 0.00152. The molecule has 1 N–H and O–H groups in total. The van der Waals surface area contributed by atoms with Crippen molar-refractivity contribution in [2.45, 2.75) is 52.0 Å². The Morgan fingerprint density at radius 2 is 1.85 bits per heavy atom. The second-order valence-corrected chi connectivity index (χ2v) is 11.2. The molecule has 34 heavy (non-hydrogen) atoms. The number of carbonyl (C=O) groups is 1. The summed E-state index contributed by atoms with van der Waals surface area (Å²) in [5.41, 5.74) is 3.88. The van der Waals surface area contributed by atoms with Gasteiger partial charge in [-0.2, -0.15) is 0 Å². The smallest absolute Gasteiger partial charge is 0.313 e. The van der Waals surface area contributed by atoms with Gasteiger partial charge in [-0.1, -0.05) is 45.0 Å². The molecule has 5 aromatic rings. The minimum Gasteiger partial charge on any atom is -0.481 e. The Balaban J connectivity index is 1.50. The lowest BCUT2D eigenvalue weighted by molar-refractivity contribution is -0.142. The monoisotopic (exact) mass is 472 g/mol. The number of nitrogens with zero attached hydrogens (tertiary/aromatic N) is 2. The highest BCUT2D eigenvalue weighted by molar-refractivity contribution is 7.13. The van der Waals surface area contributed by atoms with Gasteiger partial charge in [0, 0.05) is 39.8 Å². The molecule has 0 radical (unpaired) electrons. The third-order valence-electron chi connectivity index (χ3n) is 6.41. The van der Waals surface area contributed by atoms with E-state index in [1.165, 1.54) is 0 Å². The molecule has 5 rings (SSSR count). The topological polar surface area (TPSA) is 68.3 Å². The maximum Gasteiger partial charge on any atom is 0.313 e. The maximum absolute atomic E-state index is 11.9. The number of carboxylic acids is 1. The molecule has 0 spiro atoms. The first-order chi connectivity index (χ1) is 16.0. The van der Waals surface area contributed by atoms with Gasteiger partial charge < -0.3 is 14.1 Å². The average molecular weight is 473 g/mol. The highest BCUT2D eigenvalue weighted by Gasteiger charge is 2.32. The van der Waals surface area contributed by atoms with Gasteiger partial charge in [0.05, 0.1) is 11.1 Å². The van der Waals surface area contributed by atoms with Crippen molar-refractivity contribution >= 4 is 39.2 Å². The van der Waals surface area contributed by atoms with Crippen LogP contribution in [-0.4, -0.2) is 20.6 Å². The van der Waals surface area contributed by atoms with Gasteiger partial charge in [0.2, 0.25) is 0 Å².